The Morgan fingerprint density at radius 3 is 2.67 bits per heavy atom. The van der Waals surface area contributed by atoms with E-state index >= 15 is 0 Å². The zero-order valence-corrected chi connectivity index (χ0v) is 20.0. The number of carbonyl (C=O) groups is 2. The third kappa shape index (κ3) is 5.45. The number of alkyl halides is 2. The van der Waals surface area contributed by atoms with E-state index in [0.29, 0.717) is 37.5 Å². The van der Waals surface area contributed by atoms with Crippen molar-refractivity contribution in [1.29, 1.82) is 0 Å². The van der Waals surface area contributed by atoms with Crippen LogP contribution in [0.1, 0.15) is 67.7 Å². The molecule has 5 rings (SSSR count). The van der Waals surface area contributed by atoms with Gasteiger partial charge >= 0.3 is 6.61 Å². The quantitative estimate of drug-likeness (QED) is 0.507. The summed E-state index contributed by atoms with van der Waals surface area (Å²) in [5, 5.41) is 2.97. The Bertz CT molecular complexity index is 1130. The van der Waals surface area contributed by atoms with Gasteiger partial charge in [0.25, 0.3) is 5.91 Å². The van der Waals surface area contributed by atoms with Gasteiger partial charge in [-0.1, -0.05) is 0 Å². The largest absolute Gasteiger partial charge is 0.489 e. The van der Waals surface area contributed by atoms with Crippen molar-refractivity contribution in [2.24, 2.45) is 11.7 Å². The minimum absolute atomic E-state index is 0.0412. The highest BCUT2D eigenvalue weighted by Crippen LogP contribution is 2.37. The molecule has 2 atom stereocenters. The molecule has 1 aromatic carbocycles. The maximum atomic E-state index is 13.5. The summed E-state index contributed by atoms with van der Waals surface area (Å²) >= 11 is 0. The van der Waals surface area contributed by atoms with Crippen LogP contribution in [0, 0.1) is 5.92 Å². The molecule has 2 aromatic rings. The first-order chi connectivity index (χ1) is 17.3. The van der Waals surface area contributed by atoms with Crippen LogP contribution in [0.15, 0.2) is 22.6 Å². The fraction of sp³-hybridized carbons (Fsp3) is 0.560. The third-order valence-electron chi connectivity index (χ3n) is 6.59. The van der Waals surface area contributed by atoms with Gasteiger partial charge in [0.05, 0.1) is 12.6 Å². The third-order valence-corrected chi connectivity index (χ3v) is 6.59. The van der Waals surface area contributed by atoms with E-state index in [0.717, 1.165) is 25.7 Å². The van der Waals surface area contributed by atoms with Crippen LogP contribution in [-0.2, 0) is 4.79 Å². The molecule has 0 spiro atoms. The predicted octanol–water partition coefficient (Wildman–Crippen LogP) is 3.63. The Morgan fingerprint density at radius 1 is 1.22 bits per heavy atom. The van der Waals surface area contributed by atoms with E-state index in [4.69, 9.17) is 14.9 Å². The van der Waals surface area contributed by atoms with Gasteiger partial charge in [-0.3, -0.25) is 9.59 Å². The van der Waals surface area contributed by atoms with E-state index in [9.17, 15) is 18.4 Å². The molecule has 2 aliphatic carbocycles. The van der Waals surface area contributed by atoms with Gasteiger partial charge in [-0.25, -0.2) is 4.98 Å². The van der Waals surface area contributed by atoms with Crippen LogP contribution in [0.2, 0.25) is 0 Å². The molecule has 0 bridgehead atoms. The van der Waals surface area contributed by atoms with Crippen molar-refractivity contribution in [3.63, 3.8) is 0 Å². The van der Waals surface area contributed by atoms with Gasteiger partial charge in [-0.15, -0.1) is 0 Å². The van der Waals surface area contributed by atoms with Crippen molar-refractivity contribution in [3.05, 3.63) is 29.7 Å². The summed E-state index contributed by atoms with van der Waals surface area (Å²) in [4.78, 5) is 32.2. The standard InChI is InChI=1S/C25H30F2N4O5/c1-13(28)21-20(24(33)31-10-2-3-17(31)22(32)29-16-7-8-16)30-23(36-21)15-6-9-18(35-25(26)27)19(11-15)34-12-14-4-5-14/h6,9,11,13-14,16-17,25H,2-5,7-8,10,12,28H2,1H3,(H,29,32)/t13-,17-/m0/s1. The Kier molecular flexibility index (Phi) is 6.83. The van der Waals surface area contributed by atoms with Gasteiger partial charge in [0.15, 0.2) is 23.0 Å². The lowest BCUT2D eigenvalue weighted by Crippen LogP contribution is -2.46. The fourth-order valence-electron chi connectivity index (χ4n) is 4.30. The minimum Gasteiger partial charge on any atom is -0.489 e. The van der Waals surface area contributed by atoms with E-state index in [-0.39, 0.29) is 40.8 Å². The Morgan fingerprint density at radius 2 is 2.00 bits per heavy atom. The number of aromatic nitrogens is 1. The number of likely N-dealkylation sites (tertiary alicyclic amines) is 1. The fourth-order valence-corrected chi connectivity index (χ4v) is 4.30. The molecule has 1 saturated heterocycles. The molecular weight excluding hydrogens is 474 g/mol. The molecule has 1 aliphatic heterocycles. The maximum Gasteiger partial charge on any atom is 0.387 e. The van der Waals surface area contributed by atoms with Crippen LogP contribution < -0.4 is 20.5 Å². The Labute approximate surface area is 207 Å². The smallest absolute Gasteiger partial charge is 0.387 e. The van der Waals surface area contributed by atoms with E-state index in [1.165, 1.54) is 23.1 Å². The number of carbonyl (C=O) groups excluding carboxylic acids is 2. The highest BCUT2D eigenvalue weighted by molar-refractivity contribution is 5.97. The lowest BCUT2D eigenvalue weighted by Gasteiger charge is -2.23. The summed E-state index contributed by atoms with van der Waals surface area (Å²) < 4.78 is 42.0. The number of nitrogens with one attached hydrogen (secondary N) is 1. The zero-order chi connectivity index (χ0) is 25.4. The Balaban J connectivity index is 1.42. The predicted molar refractivity (Wildman–Crippen MR) is 125 cm³/mol. The molecule has 2 saturated carbocycles. The second kappa shape index (κ2) is 10.0. The average Bonchev–Trinajstić information content (AvgIpc) is 3.74. The molecule has 3 aliphatic rings. The normalized spacial score (nSPS) is 20.5. The van der Waals surface area contributed by atoms with Crippen molar-refractivity contribution in [1.82, 2.24) is 15.2 Å². The van der Waals surface area contributed by atoms with Crippen LogP contribution in [0.5, 0.6) is 11.5 Å². The van der Waals surface area contributed by atoms with Crippen molar-refractivity contribution in [3.8, 4) is 23.0 Å². The molecule has 2 amide bonds. The number of amides is 2. The van der Waals surface area contributed by atoms with Gasteiger partial charge in [-0.2, -0.15) is 8.78 Å². The van der Waals surface area contributed by atoms with Gasteiger partial charge in [0.1, 0.15) is 6.04 Å². The van der Waals surface area contributed by atoms with E-state index in [2.05, 4.69) is 15.0 Å². The molecule has 0 unspecified atom stereocenters. The molecule has 11 heteroatoms. The van der Waals surface area contributed by atoms with Crippen molar-refractivity contribution in [2.75, 3.05) is 13.2 Å². The van der Waals surface area contributed by atoms with E-state index < -0.39 is 24.6 Å². The number of oxazole rings is 1. The van der Waals surface area contributed by atoms with Gasteiger partial charge in [-0.05, 0) is 69.6 Å². The number of nitrogens with zero attached hydrogens (tertiary/aromatic N) is 2. The number of benzene rings is 1. The summed E-state index contributed by atoms with van der Waals surface area (Å²) in [6.45, 7) is -0.504. The Hall–Kier alpha value is -3.21. The van der Waals surface area contributed by atoms with E-state index in [1.54, 1.807) is 6.92 Å². The summed E-state index contributed by atoms with van der Waals surface area (Å²) in [6.07, 6.45) is 5.27. The highest BCUT2D eigenvalue weighted by Gasteiger charge is 2.39. The SMILES string of the molecule is C[C@H](N)c1oc(-c2ccc(OC(F)F)c(OCC3CC3)c2)nc1C(=O)N1CCC[C@H]1C(=O)NC1CC1. The number of halogens is 2. The molecule has 3 N–H and O–H groups in total. The number of nitrogens with two attached hydrogens (primary N) is 1. The van der Waals surface area contributed by atoms with Crippen LogP contribution >= 0.6 is 0 Å². The number of hydrogen-bond donors (Lipinski definition) is 2. The van der Waals surface area contributed by atoms with E-state index in [1.807, 2.05) is 0 Å². The second-order valence-corrected chi connectivity index (χ2v) is 9.75. The molecule has 194 valence electrons. The zero-order valence-electron chi connectivity index (χ0n) is 20.0. The van der Waals surface area contributed by atoms with Gasteiger partial charge in [0, 0.05) is 18.2 Å². The molecular formula is C25H30F2N4O5. The number of hydrogen-bond acceptors (Lipinski definition) is 7. The van der Waals surface area contributed by atoms with Crippen molar-refractivity contribution in [2.45, 2.75) is 70.2 Å². The lowest BCUT2D eigenvalue weighted by molar-refractivity contribution is -0.125. The summed E-state index contributed by atoms with van der Waals surface area (Å²) in [7, 11) is 0. The number of rotatable bonds is 10. The summed E-state index contributed by atoms with van der Waals surface area (Å²) in [5.41, 5.74) is 6.56. The molecule has 9 nitrogen and oxygen atoms in total. The van der Waals surface area contributed by atoms with Crippen LogP contribution in [-0.4, -0.2) is 53.5 Å². The molecule has 36 heavy (non-hydrogen) atoms. The maximum absolute atomic E-state index is 13.5. The molecule has 3 fully saturated rings. The summed E-state index contributed by atoms with van der Waals surface area (Å²) in [6, 6.07) is 3.37. The van der Waals surface area contributed by atoms with Crippen LogP contribution in [0.3, 0.4) is 0 Å². The van der Waals surface area contributed by atoms with Crippen LogP contribution in [0.25, 0.3) is 11.5 Å². The van der Waals surface area contributed by atoms with Gasteiger partial charge < -0.3 is 29.8 Å². The number of ether oxygens (including phenoxy) is 2. The first-order valence-corrected chi connectivity index (χ1v) is 12.4. The first-order valence-electron chi connectivity index (χ1n) is 12.4. The topological polar surface area (TPSA) is 120 Å². The second-order valence-electron chi connectivity index (χ2n) is 9.75. The summed E-state index contributed by atoms with van der Waals surface area (Å²) in [5.74, 6) is 0.167. The monoisotopic (exact) mass is 504 g/mol. The van der Waals surface area contributed by atoms with Crippen LogP contribution in [0.4, 0.5) is 8.78 Å². The lowest BCUT2D eigenvalue weighted by atomic mass is 10.1. The highest BCUT2D eigenvalue weighted by atomic mass is 19.3. The minimum atomic E-state index is -3.00. The van der Waals surface area contributed by atoms with Gasteiger partial charge in [0.2, 0.25) is 11.8 Å². The molecule has 1 aromatic heterocycles. The first kappa shape index (κ1) is 24.5. The van der Waals surface area contributed by atoms with Crippen molar-refractivity contribution >= 4 is 11.8 Å². The molecule has 0 radical (unpaired) electrons. The average molecular weight is 505 g/mol. The van der Waals surface area contributed by atoms with Crippen molar-refractivity contribution < 1.29 is 32.3 Å². The molecule has 2 heterocycles.